The van der Waals surface area contributed by atoms with Gasteiger partial charge in [-0.15, -0.1) is 12.6 Å². The van der Waals surface area contributed by atoms with E-state index in [2.05, 4.69) is 12.6 Å². The first kappa shape index (κ1) is 11.7. The van der Waals surface area contributed by atoms with Crippen LogP contribution in [0.1, 0.15) is 15.9 Å². The lowest BCUT2D eigenvalue weighted by Gasteiger charge is -1.99. The minimum Gasteiger partial charge on any atom is -0.289 e. The topological polar surface area (TPSA) is 17.1 Å². The van der Waals surface area contributed by atoms with Gasteiger partial charge in [0.1, 0.15) is 0 Å². The molecule has 1 nitrogen and oxygen atoms in total. The zero-order valence-electron chi connectivity index (χ0n) is 9.21. The molecule has 0 spiro atoms. The summed E-state index contributed by atoms with van der Waals surface area (Å²) in [6.07, 6.45) is 3.38. The van der Waals surface area contributed by atoms with Gasteiger partial charge in [0.2, 0.25) is 0 Å². The van der Waals surface area contributed by atoms with Crippen LogP contribution in [-0.4, -0.2) is 5.78 Å². The minimum atomic E-state index is -0.0283. The van der Waals surface area contributed by atoms with Crippen molar-refractivity contribution in [1.82, 2.24) is 0 Å². The molecule has 2 heteroatoms. The normalized spacial score (nSPS) is 10.6. The van der Waals surface area contributed by atoms with E-state index in [-0.39, 0.29) is 5.78 Å². The highest BCUT2D eigenvalue weighted by atomic mass is 32.1. The number of thiol groups is 1. The lowest BCUT2D eigenvalue weighted by atomic mass is 10.1. The molecule has 2 aromatic rings. The number of hydrogen-bond donors (Lipinski definition) is 1. The van der Waals surface area contributed by atoms with Gasteiger partial charge < -0.3 is 0 Å². The Balaban J connectivity index is 2.18. The molecule has 0 aliphatic carbocycles. The van der Waals surface area contributed by atoms with Gasteiger partial charge >= 0.3 is 0 Å². The molecule has 0 unspecified atom stereocenters. The molecular weight excluding hydrogens is 228 g/mol. The van der Waals surface area contributed by atoms with E-state index in [4.69, 9.17) is 0 Å². The van der Waals surface area contributed by atoms with E-state index in [0.717, 1.165) is 5.56 Å². The fraction of sp³-hybridized carbons (Fsp3) is 0. The molecule has 0 amide bonds. The lowest BCUT2D eigenvalue weighted by Crippen LogP contribution is -1.95. The minimum absolute atomic E-state index is 0.0283. The average molecular weight is 240 g/mol. The standard InChI is InChI=1S/C15H12OS/c16-14(13-8-4-5-9-15(13)17)11-10-12-6-2-1-3-7-12/h1-11,17H. The summed E-state index contributed by atoms with van der Waals surface area (Å²) in [6.45, 7) is 0. The molecule has 0 N–H and O–H groups in total. The summed E-state index contributed by atoms with van der Waals surface area (Å²) in [5, 5.41) is 0. The zero-order valence-corrected chi connectivity index (χ0v) is 10.1. The summed E-state index contributed by atoms with van der Waals surface area (Å²) >= 11 is 4.26. The van der Waals surface area contributed by atoms with Crippen molar-refractivity contribution in [3.8, 4) is 0 Å². The first-order valence-electron chi connectivity index (χ1n) is 5.33. The van der Waals surface area contributed by atoms with Gasteiger partial charge in [-0.25, -0.2) is 0 Å². The van der Waals surface area contributed by atoms with Crippen LogP contribution in [0.2, 0.25) is 0 Å². The van der Waals surface area contributed by atoms with Gasteiger partial charge in [0, 0.05) is 10.5 Å². The summed E-state index contributed by atoms with van der Waals surface area (Å²) in [5.74, 6) is -0.0283. The Bertz CT molecular complexity index is 544. The van der Waals surface area contributed by atoms with Gasteiger partial charge in [0.15, 0.2) is 5.78 Å². The quantitative estimate of drug-likeness (QED) is 0.489. The number of benzene rings is 2. The van der Waals surface area contributed by atoms with Crippen molar-refractivity contribution in [2.24, 2.45) is 0 Å². The van der Waals surface area contributed by atoms with Crippen LogP contribution < -0.4 is 0 Å². The summed E-state index contributed by atoms with van der Waals surface area (Å²) in [7, 11) is 0. The number of carbonyl (C=O) groups is 1. The van der Waals surface area contributed by atoms with Gasteiger partial charge in [-0.3, -0.25) is 4.79 Å². The Morgan fingerprint density at radius 2 is 1.59 bits per heavy atom. The highest BCUT2D eigenvalue weighted by Crippen LogP contribution is 2.14. The monoisotopic (exact) mass is 240 g/mol. The van der Waals surface area contributed by atoms with Crippen LogP contribution in [0.25, 0.3) is 6.08 Å². The number of allylic oxidation sites excluding steroid dienone is 1. The van der Waals surface area contributed by atoms with Gasteiger partial charge in [-0.2, -0.15) is 0 Å². The van der Waals surface area contributed by atoms with E-state index >= 15 is 0 Å². The van der Waals surface area contributed by atoms with Crippen molar-refractivity contribution in [3.05, 3.63) is 71.8 Å². The van der Waals surface area contributed by atoms with Gasteiger partial charge in [0.05, 0.1) is 0 Å². The second-order valence-corrected chi connectivity index (χ2v) is 4.11. The molecule has 0 radical (unpaired) electrons. The van der Waals surface area contributed by atoms with Crippen molar-refractivity contribution in [1.29, 1.82) is 0 Å². The van der Waals surface area contributed by atoms with E-state index < -0.39 is 0 Å². The van der Waals surface area contributed by atoms with E-state index in [1.807, 2.05) is 54.6 Å². The van der Waals surface area contributed by atoms with Crippen LogP contribution in [0.15, 0.2) is 65.6 Å². The summed E-state index contributed by atoms with van der Waals surface area (Å²) in [6, 6.07) is 17.0. The molecule has 0 saturated heterocycles. The molecule has 0 atom stereocenters. The molecule has 0 saturated carbocycles. The smallest absolute Gasteiger partial charge is 0.186 e. The summed E-state index contributed by atoms with van der Waals surface area (Å²) in [4.78, 5) is 12.6. The lowest BCUT2D eigenvalue weighted by molar-refractivity contribution is 0.104. The van der Waals surface area contributed by atoms with Crippen LogP contribution >= 0.6 is 12.6 Å². The van der Waals surface area contributed by atoms with Crippen LogP contribution in [0, 0.1) is 0 Å². The van der Waals surface area contributed by atoms with Gasteiger partial charge in [-0.1, -0.05) is 48.5 Å². The van der Waals surface area contributed by atoms with E-state index in [1.54, 1.807) is 12.1 Å². The molecule has 0 bridgehead atoms. The molecule has 17 heavy (non-hydrogen) atoms. The van der Waals surface area contributed by atoms with Crippen molar-refractivity contribution in [3.63, 3.8) is 0 Å². The van der Waals surface area contributed by atoms with Crippen molar-refractivity contribution in [2.45, 2.75) is 4.90 Å². The Morgan fingerprint density at radius 1 is 0.941 bits per heavy atom. The summed E-state index contributed by atoms with van der Waals surface area (Å²) < 4.78 is 0. The zero-order chi connectivity index (χ0) is 12.1. The largest absolute Gasteiger partial charge is 0.289 e. The molecule has 0 fully saturated rings. The maximum atomic E-state index is 11.9. The van der Waals surface area contributed by atoms with Crippen LogP contribution in [0.5, 0.6) is 0 Å². The van der Waals surface area contributed by atoms with Gasteiger partial charge in [-0.05, 0) is 23.8 Å². The third-order valence-electron chi connectivity index (χ3n) is 2.40. The maximum absolute atomic E-state index is 11.9. The Kier molecular flexibility index (Phi) is 3.78. The van der Waals surface area contributed by atoms with E-state index in [0.29, 0.717) is 10.5 Å². The Morgan fingerprint density at radius 3 is 2.29 bits per heavy atom. The third kappa shape index (κ3) is 3.08. The Hall–Kier alpha value is -1.80. The fourth-order valence-corrected chi connectivity index (χ4v) is 1.78. The average Bonchev–Trinajstić information content (AvgIpc) is 2.38. The Labute approximate surface area is 106 Å². The van der Waals surface area contributed by atoms with Crippen LogP contribution in [0.3, 0.4) is 0 Å². The molecule has 0 heterocycles. The maximum Gasteiger partial charge on any atom is 0.186 e. The van der Waals surface area contributed by atoms with E-state index in [9.17, 15) is 4.79 Å². The first-order valence-corrected chi connectivity index (χ1v) is 5.77. The number of rotatable bonds is 3. The highest BCUT2D eigenvalue weighted by molar-refractivity contribution is 7.80. The number of hydrogen-bond acceptors (Lipinski definition) is 2. The predicted octanol–water partition coefficient (Wildman–Crippen LogP) is 3.87. The molecular formula is C15H12OS. The first-order chi connectivity index (χ1) is 8.27. The van der Waals surface area contributed by atoms with Crippen molar-refractivity contribution in [2.75, 3.05) is 0 Å². The fourth-order valence-electron chi connectivity index (χ4n) is 1.51. The van der Waals surface area contributed by atoms with Crippen LogP contribution in [0.4, 0.5) is 0 Å². The third-order valence-corrected chi connectivity index (χ3v) is 2.79. The van der Waals surface area contributed by atoms with Crippen LogP contribution in [-0.2, 0) is 0 Å². The molecule has 0 aromatic heterocycles. The number of carbonyl (C=O) groups excluding carboxylic acids is 1. The second kappa shape index (κ2) is 5.51. The van der Waals surface area contributed by atoms with E-state index in [1.165, 1.54) is 0 Å². The molecule has 84 valence electrons. The number of ketones is 1. The molecule has 0 aliphatic heterocycles. The summed E-state index contributed by atoms with van der Waals surface area (Å²) in [5.41, 5.74) is 1.64. The van der Waals surface area contributed by atoms with Crippen molar-refractivity contribution >= 4 is 24.5 Å². The molecule has 2 aromatic carbocycles. The van der Waals surface area contributed by atoms with Crippen molar-refractivity contribution < 1.29 is 4.79 Å². The predicted molar refractivity (Wildman–Crippen MR) is 73.5 cm³/mol. The van der Waals surface area contributed by atoms with Gasteiger partial charge in [0.25, 0.3) is 0 Å². The SMILES string of the molecule is O=C(C=Cc1ccccc1)c1ccccc1S. The molecule has 2 rings (SSSR count). The second-order valence-electron chi connectivity index (χ2n) is 3.63. The highest BCUT2D eigenvalue weighted by Gasteiger charge is 2.04. The molecule has 0 aliphatic rings.